The lowest BCUT2D eigenvalue weighted by molar-refractivity contribution is -0.121. The quantitative estimate of drug-likeness (QED) is 0.550. The Labute approximate surface area is 201 Å². The predicted molar refractivity (Wildman–Crippen MR) is 127 cm³/mol. The molecule has 5 rings (SSSR count). The average molecular weight is 482 g/mol. The number of ether oxygens (including phenoxy) is 1. The third-order valence-electron chi connectivity index (χ3n) is 5.98. The summed E-state index contributed by atoms with van der Waals surface area (Å²) in [6.45, 7) is 5.13. The van der Waals surface area contributed by atoms with Gasteiger partial charge in [-0.05, 0) is 48.9 Å². The number of amides is 2. The van der Waals surface area contributed by atoms with Crippen LogP contribution in [0.15, 0.2) is 47.0 Å². The van der Waals surface area contributed by atoms with Crippen molar-refractivity contribution in [2.45, 2.75) is 13.3 Å². The third-order valence-corrected chi connectivity index (χ3v) is 6.23. The van der Waals surface area contributed by atoms with Gasteiger partial charge in [0.15, 0.2) is 6.61 Å². The normalized spacial score (nSPS) is 15.8. The van der Waals surface area contributed by atoms with E-state index >= 15 is 0 Å². The standard InChI is InChI=1S/C24H24ClN5O4/c1-2-9-30-19-8-3-16(14-20(19)33-15-21(30)31)22-26-23(34-27-22)24(32)29-12-10-28(11-13-29)18-6-4-17(25)5-7-18/h3-8,14H,2,9-13,15H2,1H3. The number of nitrogens with zero attached hydrogens (tertiary/aromatic N) is 5. The summed E-state index contributed by atoms with van der Waals surface area (Å²) < 4.78 is 10.9. The summed E-state index contributed by atoms with van der Waals surface area (Å²) in [7, 11) is 0. The van der Waals surface area contributed by atoms with Gasteiger partial charge in [-0.2, -0.15) is 4.98 Å². The summed E-state index contributed by atoms with van der Waals surface area (Å²) in [5, 5.41) is 4.70. The first-order valence-electron chi connectivity index (χ1n) is 11.2. The van der Waals surface area contributed by atoms with Crippen molar-refractivity contribution in [1.82, 2.24) is 15.0 Å². The zero-order valence-corrected chi connectivity index (χ0v) is 19.5. The number of benzene rings is 2. The summed E-state index contributed by atoms with van der Waals surface area (Å²) in [6, 6.07) is 13.1. The molecule has 1 aromatic heterocycles. The number of anilines is 2. The molecule has 34 heavy (non-hydrogen) atoms. The molecule has 9 nitrogen and oxygen atoms in total. The highest BCUT2D eigenvalue weighted by Crippen LogP contribution is 2.35. The lowest BCUT2D eigenvalue weighted by Gasteiger charge is -2.35. The molecule has 0 radical (unpaired) electrons. The van der Waals surface area contributed by atoms with Crippen molar-refractivity contribution in [3.05, 3.63) is 53.4 Å². The summed E-state index contributed by atoms with van der Waals surface area (Å²) in [5.41, 5.74) is 2.45. The maximum atomic E-state index is 12.9. The van der Waals surface area contributed by atoms with Gasteiger partial charge in [-0.25, -0.2) is 0 Å². The molecule has 2 aromatic carbocycles. The Morgan fingerprint density at radius 1 is 1.09 bits per heavy atom. The Morgan fingerprint density at radius 3 is 2.59 bits per heavy atom. The van der Waals surface area contributed by atoms with Crippen LogP contribution < -0.4 is 14.5 Å². The van der Waals surface area contributed by atoms with Gasteiger partial charge in [0.05, 0.1) is 5.69 Å². The van der Waals surface area contributed by atoms with E-state index in [9.17, 15) is 9.59 Å². The van der Waals surface area contributed by atoms with Gasteiger partial charge >= 0.3 is 11.8 Å². The van der Waals surface area contributed by atoms with Crippen LogP contribution in [0.1, 0.15) is 24.0 Å². The fourth-order valence-corrected chi connectivity index (χ4v) is 4.32. The van der Waals surface area contributed by atoms with E-state index in [0.29, 0.717) is 54.9 Å². The minimum atomic E-state index is -0.288. The topological polar surface area (TPSA) is 92.0 Å². The minimum absolute atomic E-state index is 0.00552. The fourth-order valence-electron chi connectivity index (χ4n) is 4.19. The van der Waals surface area contributed by atoms with Crippen LogP contribution in [-0.2, 0) is 4.79 Å². The molecule has 2 aliphatic heterocycles. The number of aromatic nitrogens is 2. The minimum Gasteiger partial charge on any atom is -0.482 e. The molecule has 2 aliphatic rings. The molecule has 1 fully saturated rings. The Hall–Kier alpha value is -3.59. The summed E-state index contributed by atoms with van der Waals surface area (Å²) in [6.07, 6.45) is 0.844. The molecule has 1 saturated heterocycles. The summed E-state index contributed by atoms with van der Waals surface area (Å²) in [4.78, 5) is 35.1. The first-order valence-corrected chi connectivity index (χ1v) is 11.6. The number of halogens is 1. The molecule has 0 unspecified atom stereocenters. The van der Waals surface area contributed by atoms with E-state index in [0.717, 1.165) is 17.8 Å². The highest BCUT2D eigenvalue weighted by molar-refractivity contribution is 6.30. The highest BCUT2D eigenvalue weighted by atomic mass is 35.5. The van der Waals surface area contributed by atoms with Crippen molar-refractivity contribution < 1.29 is 18.8 Å². The largest absolute Gasteiger partial charge is 0.482 e. The van der Waals surface area contributed by atoms with Crippen LogP contribution in [0.3, 0.4) is 0 Å². The van der Waals surface area contributed by atoms with E-state index in [1.54, 1.807) is 21.9 Å². The number of fused-ring (bicyclic) bond motifs is 1. The molecule has 0 saturated carbocycles. The van der Waals surface area contributed by atoms with Crippen LogP contribution in [0.25, 0.3) is 11.4 Å². The Morgan fingerprint density at radius 2 is 1.85 bits per heavy atom. The molecule has 0 aliphatic carbocycles. The Bertz CT molecular complexity index is 1200. The second-order valence-electron chi connectivity index (χ2n) is 8.20. The number of carbonyl (C=O) groups excluding carboxylic acids is 2. The van der Waals surface area contributed by atoms with Crippen LogP contribution in [0.2, 0.25) is 5.02 Å². The lowest BCUT2D eigenvalue weighted by Crippen LogP contribution is -2.48. The van der Waals surface area contributed by atoms with E-state index in [1.165, 1.54) is 0 Å². The maximum absolute atomic E-state index is 12.9. The molecular formula is C24H24ClN5O4. The van der Waals surface area contributed by atoms with Crippen molar-refractivity contribution in [3.63, 3.8) is 0 Å². The number of piperazine rings is 1. The van der Waals surface area contributed by atoms with Crippen molar-refractivity contribution in [2.24, 2.45) is 0 Å². The van der Waals surface area contributed by atoms with Gasteiger partial charge in [0, 0.05) is 49.0 Å². The molecular weight excluding hydrogens is 458 g/mol. The van der Waals surface area contributed by atoms with E-state index in [4.69, 9.17) is 20.9 Å². The maximum Gasteiger partial charge on any atom is 0.316 e. The molecule has 176 valence electrons. The zero-order valence-electron chi connectivity index (χ0n) is 18.7. The number of hydrogen-bond acceptors (Lipinski definition) is 7. The number of rotatable bonds is 5. The smallest absolute Gasteiger partial charge is 0.316 e. The summed E-state index contributed by atoms with van der Waals surface area (Å²) in [5.74, 6) is 0.487. The van der Waals surface area contributed by atoms with Gasteiger partial charge in [0.25, 0.3) is 5.91 Å². The Balaban J connectivity index is 1.27. The second kappa shape index (κ2) is 9.34. The molecule has 0 N–H and O–H groups in total. The van der Waals surface area contributed by atoms with Gasteiger partial charge in [-0.15, -0.1) is 0 Å². The van der Waals surface area contributed by atoms with E-state index in [-0.39, 0.29) is 24.3 Å². The van der Waals surface area contributed by atoms with Gasteiger partial charge in [-0.1, -0.05) is 23.7 Å². The van der Waals surface area contributed by atoms with Crippen molar-refractivity contribution in [1.29, 1.82) is 0 Å². The van der Waals surface area contributed by atoms with Gasteiger partial charge in [0.1, 0.15) is 5.75 Å². The second-order valence-corrected chi connectivity index (χ2v) is 8.63. The van der Waals surface area contributed by atoms with Crippen LogP contribution >= 0.6 is 11.6 Å². The van der Waals surface area contributed by atoms with Crippen LogP contribution in [0.5, 0.6) is 5.75 Å². The van der Waals surface area contributed by atoms with Crippen LogP contribution in [0.4, 0.5) is 11.4 Å². The lowest BCUT2D eigenvalue weighted by atomic mass is 10.1. The average Bonchev–Trinajstić information content (AvgIpc) is 3.36. The number of hydrogen-bond donors (Lipinski definition) is 0. The van der Waals surface area contributed by atoms with Crippen LogP contribution in [0, 0.1) is 0 Å². The number of carbonyl (C=O) groups is 2. The molecule has 3 heterocycles. The third kappa shape index (κ3) is 4.31. The van der Waals surface area contributed by atoms with Gasteiger partial charge < -0.3 is 24.0 Å². The molecule has 0 spiro atoms. The van der Waals surface area contributed by atoms with Gasteiger partial charge in [-0.3, -0.25) is 9.59 Å². The van der Waals surface area contributed by atoms with Crippen molar-refractivity contribution >= 4 is 34.8 Å². The molecule has 0 bridgehead atoms. The SMILES string of the molecule is CCCN1C(=O)COc2cc(-c3noc(C(=O)N4CCN(c5ccc(Cl)cc5)CC4)n3)ccc21. The molecule has 3 aromatic rings. The van der Waals surface area contributed by atoms with E-state index < -0.39 is 0 Å². The zero-order chi connectivity index (χ0) is 23.7. The fraction of sp³-hybridized carbons (Fsp3) is 0.333. The Kier molecular flexibility index (Phi) is 6.10. The first-order chi connectivity index (χ1) is 16.5. The van der Waals surface area contributed by atoms with Crippen molar-refractivity contribution in [2.75, 3.05) is 49.1 Å². The summed E-state index contributed by atoms with van der Waals surface area (Å²) >= 11 is 5.97. The van der Waals surface area contributed by atoms with Crippen LogP contribution in [-0.4, -0.2) is 66.2 Å². The highest BCUT2D eigenvalue weighted by Gasteiger charge is 2.28. The monoisotopic (exact) mass is 481 g/mol. The first kappa shape index (κ1) is 22.2. The predicted octanol–water partition coefficient (Wildman–Crippen LogP) is 3.49. The van der Waals surface area contributed by atoms with Gasteiger partial charge in [0.2, 0.25) is 5.82 Å². The van der Waals surface area contributed by atoms with E-state index in [2.05, 4.69) is 15.0 Å². The molecule has 0 atom stereocenters. The molecule has 2 amide bonds. The van der Waals surface area contributed by atoms with Crippen molar-refractivity contribution in [3.8, 4) is 17.1 Å². The molecule has 10 heteroatoms. The van der Waals surface area contributed by atoms with E-state index in [1.807, 2.05) is 37.3 Å².